The summed E-state index contributed by atoms with van der Waals surface area (Å²) in [4.78, 5) is 0. The number of hydrogen-bond acceptors (Lipinski definition) is 2. The van der Waals surface area contributed by atoms with Crippen LogP contribution in [0.3, 0.4) is 0 Å². The minimum atomic E-state index is 0.723. The van der Waals surface area contributed by atoms with Gasteiger partial charge in [0.2, 0.25) is 5.71 Å². The monoisotopic (exact) mass is 186 g/mol. The smallest absolute Gasteiger partial charge is 0.228 e. The van der Waals surface area contributed by atoms with Crippen molar-refractivity contribution in [3.05, 3.63) is 36.0 Å². The Morgan fingerprint density at radius 3 is 2.93 bits per heavy atom. The van der Waals surface area contributed by atoms with Gasteiger partial charge in [-0.1, -0.05) is 12.1 Å². The van der Waals surface area contributed by atoms with Crippen LogP contribution in [0.15, 0.2) is 34.9 Å². The van der Waals surface area contributed by atoms with E-state index in [2.05, 4.69) is 0 Å². The van der Waals surface area contributed by atoms with Crippen LogP contribution in [-0.4, -0.2) is 4.40 Å². The molecule has 3 nitrogen and oxygen atoms in total. The second kappa shape index (κ2) is 2.32. The quantitative estimate of drug-likeness (QED) is 0.586. The van der Waals surface area contributed by atoms with Crippen LogP contribution < -0.4 is 5.73 Å². The zero-order valence-corrected chi connectivity index (χ0v) is 7.82. The summed E-state index contributed by atoms with van der Waals surface area (Å²) in [5.41, 5.74) is 10.3. The molecule has 14 heavy (non-hydrogen) atoms. The Morgan fingerprint density at radius 2 is 2.07 bits per heavy atom. The summed E-state index contributed by atoms with van der Waals surface area (Å²) in [6, 6.07) is 7.90. The van der Waals surface area contributed by atoms with Gasteiger partial charge in [-0.3, -0.25) is 4.40 Å². The molecule has 2 aromatic heterocycles. The van der Waals surface area contributed by atoms with Crippen molar-refractivity contribution in [1.82, 2.24) is 4.40 Å². The molecule has 0 aliphatic rings. The Kier molecular flexibility index (Phi) is 1.24. The molecular weight excluding hydrogens is 176 g/mol. The first-order chi connectivity index (χ1) is 6.77. The van der Waals surface area contributed by atoms with Gasteiger partial charge in [-0.25, -0.2) is 0 Å². The number of para-hydroxylation sites is 2. The highest BCUT2D eigenvalue weighted by atomic mass is 16.3. The van der Waals surface area contributed by atoms with E-state index in [0.29, 0.717) is 0 Å². The second-order valence-electron chi connectivity index (χ2n) is 3.47. The number of aromatic nitrogens is 1. The van der Waals surface area contributed by atoms with Gasteiger partial charge < -0.3 is 10.2 Å². The van der Waals surface area contributed by atoms with Crippen molar-refractivity contribution in [1.29, 1.82) is 0 Å². The number of oxazole rings is 1. The van der Waals surface area contributed by atoms with Crippen LogP contribution in [0, 0.1) is 6.92 Å². The number of aryl methyl sites for hydroxylation is 1. The molecule has 3 heteroatoms. The summed E-state index contributed by atoms with van der Waals surface area (Å²) < 4.78 is 7.63. The molecule has 0 bridgehead atoms. The highest BCUT2D eigenvalue weighted by Crippen LogP contribution is 2.27. The molecule has 70 valence electrons. The largest absolute Gasteiger partial charge is 0.436 e. The normalized spacial score (nSPS) is 11.5. The van der Waals surface area contributed by atoms with E-state index in [-0.39, 0.29) is 0 Å². The van der Waals surface area contributed by atoms with Gasteiger partial charge in [-0.2, -0.15) is 0 Å². The maximum absolute atomic E-state index is 5.89. The average Bonchev–Trinajstić information content (AvgIpc) is 2.67. The van der Waals surface area contributed by atoms with Crippen molar-refractivity contribution >= 4 is 22.5 Å². The lowest BCUT2D eigenvalue weighted by molar-refractivity contribution is 0.658. The van der Waals surface area contributed by atoms with Crippen LogP contribution in [0.5, 0.6) is 0 Å². The molecule has 0 unspecified atom stereocenters. The van der Waals surface area contributed by atoms with E-state index in [9.17, 15) is 0 Å². The van der Waals surface area contributed by atoms with Gasteiger partial charge in [-0.05, 0) is 24.6 Å². The molecule has 1 aromatic carbocycles. The van der Waals surface area contributed by atoms with E-state index in [1.165, 1.54) is 0 Å². The van der Waals surface area contributed by atoms with Crippen LogP contribution >= 0.6 is 0 Å². The zero-order chi connectivity index (χ0) is 9.71. The van der Waals surface area contributed by atoms with Crippen LogP contribution in [0.25, 0.3) is 16.8 Å². The van der Waals surface area contributed by atoms with E-state index in [4.69, 9.17) is 10.2 Å². The maximum atomic E-state index is 5.89. The number of rotatable bonds is 0. The summed E-state index contributed by atoms with van der Waals surface area (Å²) >= 11 is 0. The second-order valence-corrected chi connectivity index (χ2v) is 3.47. The zero-order valence-electron chi connectivity index (χ0n) is 7.82. The number of hydrogen-bond donors (Lipinski definition) is 1. The fourth-order valence-electron chi connectivity index (χ4n) is 1.75. The molecule has 3 aromatic rings. The molecule has 0 atom stereocenters. The minimum absolute atomic E-state index is 0.723. The predicted molar refractivity (Wildman–Crippen MR) is 56.3 cm³/mol. The third-order valence-electron chi connectivity index (χ3n) is 2.53. The molecule has 2 N–H and O–H groups in total. The minimum Gasteiger partial charge on any atom is -0.436 e. The Bertz CT molecular complexity index is 619. The number of nitrogens with two attached hydrogens (primary N) is 1. The Morgan fingerprint density at radius 1 is 1.29 bits per heavy atom. The van der Waals surface area contributed by atoms with Crippen LogP contribution in [0.1, 0.15) is 5.56 Å². The molecular formula is C11H10N2O. The number of fused-ring (bicyclic) bond motifs is 3. The van der Waals surface area contributed by atoms with Crippen molar-refractivity contribution < 1.29 is 4.42 Å². The van der Waals surface area contributed by atoms with E-state index in [0.717, 1.165) is 28.1 Å². The third-order valence-corrected chi connectivity index (χ3v) is 2.53. The number of anilines is 1. The van der Waals surface area contributed by atoms with Crippen molar-refractivity contribution in [2.75, 3.05) is 5.73 Å². The number of nitrogens with zero attached hydrogens (tertiary/aromatic N) is 1. The predicted octanol–water partition coefficient (Wildman–Crippen LogP) is 2.58. The topological polar surface area (TPSA) is 43.6 Å². The molecule has 3 rings (SSSR count). The molecule has 0 saturated heterocycles. The fraction of sp³-hybridized carbons (Fsp3) is 0.0909. The van der Waals surface area contributed by atoms with Crippen molar-refractivity contribution in [3.63, 3.8) is 0 Å². The Labute approximate surface area is 80.7 Å². The van der Waals surface area contributed by atoms with Crippen LogP contribution in [0.2, 0.25) is 0 Å². The molecule has 0 aliphatic carbocycles. The molecule has 0 amide bonds. The molecule has 0 spiro atoms. The van der Waals surface area contributed by atoms with E-state index in [1.54, 1.807) is 0 Å². The number of nitrogen functional groups attached to an aromatic ring is 1. The van der Waals surface area contributed by atoms with Crippen molar-refractivity contribution in [2.24, 2.45) is 0 Å². The summed E-state index contributed by atoms with van der Waals surface area (Å²) in [7, 11) is 0. The highest BCUT2D eigenvalue weighted by molar-refractivity contribution is 5.82. The van der Waals surface area contributed by atoms with E-state index in [1.807, 2.05) is 41.8 Å². The molecule has 2 heterocycles. The average molecular weight is 186 g/mol. The van der Waals surface area contributed by atoms with Gasteiger partial charge in [0.25, 0.3) is 0 Å². The third kappa shape index (κ3) is 0.763. The number of benzene rings is 1. The molecule has 0 fully saturated rings. The van der Waals surface area contributed by atoms with E-state index >= 15 is 0 Å². The fourth-order valence-corrected chi connectivity index (χ4v) is 1.75. The summed E-state index contributed by atoms with van der Waals surface area (Å²) in [6.07, 6.45) is 2.00. The Balaban J connectivity index is 2.60. The van der Waals surface area contributed by atoms with Crippen LogP contribution in [0.4, 0.5) is 5.69 Å². The van der Waals surface area contributed by atoms with Crippen molar-refractivity contribution in [3.8, 4) is 0 Å². The summed E-state index contributed by atoms with van der Waals surface area (Å²) in [6.45, 7) is 1.98. The van der Waals surface area contributed by atoms with Crippen LogP contribution in [-0.2, 0) is 0 Å². The molecule has 0 saturated carbocycles. The van der Waals surface area contributed by atoms with Gasteiger partial charge in [-0.15, -0.1) is 0 Å². The first-order valence-electron chi connectivity index (χ1n) is 4.52. The summed E-state index contributed by atoms with van der Waals surface area (Å²) in [5, 5.41) is 0. The van der Waals surface area contributed by atoms with Gasteiger partial charge >= 0.3 is 0 Å². The first kappa shape index (κ1) is 7.50. The lowest BCUT2D eigenvalue weighted by Crippen LogP contribution is -1.82. The van der Waals surface area contributed by atoms with Gasteiger partial charge in [0.05, 0.1) is 11.2 Å². The van der Waals surface area contributed by atoms with Gasteiger partial charge in [0, 0.05) is 6.20 Å². The molecule has 0 aliphatic heterocycles. The summed E-state index contributed by atoms with van der Waals surface area (Å²) in [5.74, 6) is 0. The Hall–Kier alpha value is -1.90. The standard InChI is InChI=1S/C11H10N2O/c1-7-6-13-8-4-2-3-5-9(8)14-11(13)10(7)12/h2-6H,12H2,1H3. The van der Waals surface area contributed by atoms with E-state index < -0.39 is 0 Å². The van der Waals surface area contributed by atoms with Gasteiger partial charge in [0.15, 0.2) is 5.58 Å². The lowest BCUT2D eigenvalue weighted by atomic mass is 10.3. The lowest BCUT2D eigenvalue weighted by Gasteiger charge is -1.87. The molecule has 0 radical (unpaired) electrons. The van der Waals surface area contributed by atoms with Gasteiger partial charge in [0.1, 0.15) is 0 Å². The first-order valence-corrected chi connectivity index (χ1v) is 4.52. The SMILES string of the molecule is Cc1cn2c(oc3ccccc32)c1N. The maximum Gasteiger partial charge on any atom is 0.228 e. The highest BCUT2D eigenvalue weighted by Gasteiger charge is 2.10. The van der Waals surface area contributed by atoms with Crippen molar-refractivity contribution in [2.45, 2.75) is 6.92 Å².